The maximum atomic E-state index is 12.4. The van der Waals surface area contributed by atoms with Gasteiger partial charge in [0.2, 0.25) is 10.0 Å². The molecule has 0 bridgehead atoms. The maximum absolute atomic E-state index is 12.4. The summed E-state index contributed by atoms with van der Waals surface area (Å²) < 4.78 is 37.6. The third kappa shape index (κ3) is 4.78. The predicted octanol–water partition coefficient (Wildman–Crippen LogP) is 2.75. The Morgan fingerprint density at radius 2 is 2.00 bits per heavy atom. The van der Waals surface area contributed by atoms with Crippen molar-refractivity contribution in [3.8, 4) is 5.75 Å². The molecule has 0 spiro atoms. The van der Waals surface area contributed by atoms with Crippen molar-refractivity contribution in [3.05, 3.63) is 76.4 Å². The van der Waals surface area contributed by atoms with Gasteiger partial charge in [0.05, 0.1) is 25.4 Å². The quantitative estimate of drug-likeness (QED) is 0.569. The molecule has 1 aromatic carbocycles. The predicted molar refractivity (Wildman–Crippen MR) is 105 cm³/mol. The van der Waals surface area contributed by atoms with Gasteiger partial charge in [-0.2, -0.15) is 0 Å². The van der Waals surface area contributed by atoms with Crippen LogP contribution >= 0.6 is 11.3 Å². The summed E-state index contributed by atoms with van der Waals surface area (Å²) in [5.41, 5.74) is -0.0821. The lowest BCUT2D eigenvalue weighted by atomic mass is 9.95. The standard InChI is InChI=1S/C19H21NO5S2/c1-24-17-6-4-15(5-7-17)9-12-27(22,23)20-14-19(21,16-8-10-25-13-16)18-3-2-11-26-18/h2-8,10-11,13,20-21H,9,12,14H2,1H3/t19-/m1/s1. The highest BCUT2D eigenvalue weighted by atomic mass is 32.2. The number of thiophene rings is 1. The van der Waals surface area contributed by atoms with E-state index in [4.69, 9.17) is 9.15 Å². The first kappa shape index (κ1) is 19.6. The van der Waals surface area contributed by atoms with Gasteiger partial charge in [0, 0.05) is 17.0 Å². The van der Waals surface area contributed by atoms with Gasteiger partial charge in [-0.15, -0.1) is 11.3 Å². The van der Waals surface area contributed by atoms with Gasteiger partial charge in [0.15, 0.2) is 0 Å². The number of methoxy groups -OCH3 is 1. The van der Waals surface area contributed by atoms with Crippen molar-refractivity contribution in [2.75, 3.05) is 19.4 Å². The highest BCUT2D eigenvalue weighted by Crippen LogP contribution is 2.32. The van der Waals surface area contributed by atoms with Crippen LogP contribution < -0.4 is 9.46 Å². The fourth-order valence-corrected chi connectivity index (χ4v) is 4.60. The lowest BCUT2D eigenvalue weighted by Gasteiger charge is -2.26. The van der Waals surface area contributed by atoms with Crippen molar-refractivity contribution in [3.63, 3.8) is 0 Å². The molecule has 8 heteroatoms. The number of hydrogen-bond acceptors (Lipinski definition) is 6. The number of sulfonamides is 1. The molecular formula is C19H21NO5S2. The first-order valence-electron chi connectivity index (χ1n) is 8.32. The molecule has 2 N–H and O–H groups in total. The molecule has 27 heavy (non-hydrogen) atoms. The van der Waals surface area contributed by atoms with Crippen LogP contribution in [0.2, 0.25) is 0 Å². The van der Waals surface area contributed by atoms with E-state index in [0.29, 0.717) is 16.9 Å². The number of benzene rings is 1. The van der Waals surface area contributed by atoms with Crippen molar-refractivity contribution in [2.45, 2.75) is 12.0 Å². The first-order chi connectivity index (χ1) is 12.9. The van der Waals surface area contributed by atoms with Crippen LogP contribution in [0, 0.1) is 0 Å². The molecule has 144 valence electrons. The molecule has 0 unspecified atom stereocenters. The van der Waals surface area contributed by atoms with E-state index in [9.17, 15) is 13.5 Å². The van der Waals surface area contributed by atoms with Crippen LogP contribution in [-0.2, 0) is 22.0 Å². The second kappa shape index (κ2) is 8.26. The largest absolute Gasteiger partial charge is 0.497 e. The molecule has 0 fully saturated rings. The van der Waals surface area contributed by atoms with Crippen LogP contribution in [0.5, 0.6) is 5.75 Å². The molecule has 1 atom stereocenters. The Bertz CT molecular complexity index is 898. The Hall–Kier alpha value is -2.13. The van der Waals surface area contributed by atoms with Gasteiger partial charge in [-0.3, -0.25) is 0 Å². The minimum Gasteiger partial charge on any atom is -0.497 e. The summed E-state index contributed by atoms with van der Waals surface area (Å²) in [4.78, 5) is 0.641. The zero-order valence-electron chi connectivity index (χ0n) is 14.8. The van der Waals surface area contributed by atoms with Gasteiger partial charge >= 0.3 is 0 Å². The number of aryl methyl sites for hydroxylation is 1. The van der Waals surface area contributed by atoms with Crippen molar-refractivity contribution >= 4 is 21.4 Å². The lowest BCUT2D eigenvalue weighted by Crippen LogP contribution is -2.41. The zero-order chi connectivity index (χ0) is 19.3. The van der Waals surface area contributed by atoms with Gasteiger partial charge in [-0.1, -0.05) is 18.2 Å². The molecule has 0 aliphatic heterocycles. The molecule has 6 nitrogen and oxygen atoms in total. The highest BCUT2D eigenvalue weighted by molar-refractivity contribution is 7.89. The van der Waals surface area contributed by atoms with Crippen LogP contribution in [0.25, 0.3) is 0 Å². The maximum Gasteiger partial charge on any atom is 0.212 e. The van der Waals surface area contributed by atoms with Gasteiger partial charge in [0.25, 0.3) is 0 Å². The zero-order valence-corrected chi connectivity index (χ0v) is 16.4. The van der Waals surface area contributed by atoms with Gasteiger partial charge < -0.3 is 14.3 Å². The Morgan fingerprint density at radius 3 is 2.59 bits per heavy atom. The Balaban J connectivity index is 1.67. The highest BCUT2D eigenvalue weighted by Gasteiger charge is 2.35. The fourth-order valence-electron chi connectivity index (χ4n) is 2.68. The smallest absolute Gasteiger partial charge is 0.212 e. The molecule has 2 heterocycles. The van der Waals surface area contributed by atoms with Gasteiger partial charge in [-0.25, -0.2) is 13.1 Å². The molecule has 0 aliphatic carbocycles. The van der Waals surface area contributed by atoms with Crippen molar-refractivity contribution in [2.24, 2.45) is 0 Å². The number of furan rings is 1. The number of aliphatic hydroxyl groups is 1. The number of hydrogen-bond donors (Lipinski definition) is 2. The summed E-state index contributed by atoms with van der Waals surface area (Å²) in [6.45, 7) is -0.169. The molecule has 3 aromatic rings. The van der Waals surface area contributed by atoms with Gasteiger partial charge in [-0.05, 0) is 41.6 Å². The third-order valence-corrected chi connectivity index (χ3v) is 6.64. The van der Waals surface area contributed by atoms with Crippen LogP contribution in [0.4, 0.5) is 0 Å². The van der Waals surface area contributed by atoms with Crippen molar-refractivity contribution < 1.29 is 22.7 Å². The molecule has 0 radical (unpaired) electrons. The minimum atomic E-state index is -3.58. The summed E-state index contributed by atoms with van der Waals surface area (Å²) >= 11 is 1.35. The molecule has 0 amide bonds. The van der Waals surface area contributed by atoms with Crippen LogP contribution in [-0.4, -0.2) is 32.9 Å². The molecular weight excluding hydrogens is 386 g/mol. The second-order valence-corrected chi connectivity index (χ2v) is 8.96. The Kier molecular flexibility index (Phi) is 6.01. The van der Waals surface area contributed by atoms with Crippen molar-refractivity contribution in [1.29, 1.82) is 0 Å². The summed E-state index contributed by atoms with van der Waals surface area (Å²) in [6, 6.07) is 12.5. The van der Waals surface area contributed by atoms with E-state index >= 15 is 0 Å². The fraction of sp³-hybridized carbons (Fsp3) is 0.263. The first-order valence-corrected chi connectivity index (χ1v) is 10.9. The topological polar surface area (TPSA) is 88.8 Å². The van der Waals surface area contributed by atoms with E-state index in [2.05, 4.69) is 4.72 Å². The lowest BCUT2D eigenvalue weighted by molar-refractivity contribution is 0.0892. The van der Waals surface area contributed by atoms with E-state index in [-0.39, 0.29) is 12.3 Å². The van der Waals surface area contributed by atoms with E-state index < -0.39 is 15.6 Å². The molecule has 0 saturated carbocycles. The number of nitrogens with one attached hydrogen (secondary N) is 1. The second-order valence-electron chi connectivity index (χ2n) is 6.09. The summed E-state index contributed by atoms with van der Waals surface area (Å²) in [7, 11) is -2.00. The average molecular weight is 408 g/mol. The number of ether oxygens (including phenoxy) is 1. The molecule has 0 aliphatic rings. The Morgan fingerprint density at radius 1 is 1.22 bits per heavy atom. The van der Waals surface area contributed by atoms with Gasteiger partial charge in [0.1, 0.15) is 11.4 Å². The van der Waals surface area contributed by atoms with Crippen LogP contribution in [0.1, 0.15) is 16.0 Å². The normalized spacial score (nSPS) is 14.0. The molecule has 3 rings (SSSR count). The van der Waals surface area contributed by atoms with Crippen molar-refractivity contribution in [1.82, 2.24) is 4.72 Å². The minimum absolute atomic E-state index is 0.0781. The SMILES string of the molecule is COc1ccc(CCS(=O)(=O)NC[C@@](O)(c2ccoc2)c2cccs2)cc1. The summed E-state index contributed by atoms with van der Waals surface area (Å²) in [5, 5.41) is 13.0. The molecule has 2 aromatic heterocycles. The molecule has 0 saturated heterocycles. The van der Waals surface area contributed by atoms with Crippen LogP contribution in [0.3, 0.4) is 0 Å². The van der Waals surface area contributed by atoms with E-state index in [0.717, 1.165) is 11.3 Å². The number of rotatable bonds is 9. The van der Waals surface area contributed by atoms with E-state index in [1.807, 2.05) is 23.6 Å². The summed E-state index contributed by atoms with van der Waals surface area (Å²) in [5.74, 6) is 0.645. The third-order valence-electron chi connectivity index (χ3n) is 4.29. The monoisotopic (exact) mass is 407 g/mol. The Labute approximate surface area is 162 Å². The average Bonchev–Trinajstić information content (AvgIpc) is 3.39. The van der Waals surface area contributed by atoms with E-state index in [1.165, 1.54) is 23.9 Å². The summed E-state index contributed by atoms with van der Waals surface area (Å²) in [6.07, 6.45) is 3.24. The van der Waals surface area contributed by atoms with E-state index in [1.54, 1.807) is 31.4 Å². The van der Waals surface area contributed by atoms with Crippen LogP contribution in [0.15, 0.2) is 64.8 Å².